The number of nitrogen functional groups attached to an aromatic ring is 1. The zero-order valence-corrected chi connectivity index (χ0v) is 10.8. The van der Waals surface area contributed by atoms with Gasteiger partial charge in [-0.1, -0.05) is 18.5 Å². The summed E-state index contributed by atoms with van der Waals surface area (Å²) in [5, 5.41) is 0.641. The fourth-order valence-electron chi connectivity index (χ4n) is 1.12. The SMILES string of the molecule is COC(=O)C(C)CSc1cc(Cl)ccc1N. The van der Waals surface area contributed by atoms with Gasteiger partial charge in [-0.15, -0.1) is 11.8 Å². The molecule has 0 heterocycles. The van der Waals surface area contributed by atoms with E-state index in [9.17, 15) is 4.79 Å². The normalized spacial score (nSPS) is 12.2. The second-order valence-electron chi connectivity index (χ2n) is 3.42. The number of hydrogen-bond acceptors (Lipinski definition) is 4. The first-order valence-electron chi connectivity index (χ1n) is 4.80. The van der Waals surface area contributed by atoms with Crippen LogP contribution >= 0.6 is 23.4 Å². The number of nitrogens with two attached hydrogens (primary N) is 1. The summed E-state index contributed by atoms with van der Waals surface area (Å²) in [5.74, 6) is 0.249. The first-order chi connectivity index (χ1) is 7.54. The summed E-state index contributed by atoms with van der Waals surface area (Å²) >= 11 is 7.36. The van der Waals surface area contributed by atoms with E-state index in [4.69, 9.17) is 17.3 Å². The standard InChI is InChI=1S/C11H14ClNO2S/c1-7(11(14)15-2)6-16-10-5-8(12)3-4-9(10)13/h3-5,7H,6,13H2,1-2H3. The summed E-state index contributed by atoms with van der Waals surface area (Å²) < 4.78 is 4.64. The average Bonchev–Trinajstić information content (AvgIpc) is 2.28. The summed E-state index contributed by atoms with van der Waals surface area (Å²) in [4.78, 5) is 12.1. The lowest BCUT2D eigenvalue weighted by Crippen LogP contribution is -2.14. The maximum absolute atomic E-state index is 11.2. The number of methoxy groups -OCH3 is 1. The van der Waals surface area contributed by atoms with E-state index in [1.165, 1.54) is 18.9 Å². The molecule has 16 heavy (non-hydrogen) atoms. The monoisotopic (exact) mass is 259 g/mol. The van der Waals surface area contributed by atoms with Gasteiger partial charge in [0.25, 0.3) is 0 Å². The van der Waals surface area contributed by atoms with Gasteiger partial charge in [-0.05, 0) is 18.2 Å². The topological polar surface area (TPSA) is 52.3 Å². The Morgan fingerprint density at radius 1 is 1.62 bits per heavy atom. The molecular weight excluding hydrogens is 246 g/mol. The van der Waals surface area contributed by atoms with Crippen LogP contribution in [0.5, 0.6) is 0 Å². The molecule has 0 amide bonds. The van der Waals surface area contributed by atoms with Crippen molar-refractivity contribution < 1.29 is 9.53 Å². The fraction of sp³-hybridized carbons (Fsp3) is 0.364. The molecule has 2 N–H and O–H groups in total. The van der Waals surface area contributed by atoms with Crippen molar-refractivity contribution in [2.75, 3.05) is 18.6 Å². The minimum absolute atomic E-state index is 0.159. The van der Waals surface area contributed by atoms with E-state index in [1.54, 1.807) is 18.2 Å². The largest absolute Gasteiger partial charge is 0.469 e. The van der Waals surface area contributed by atoms with Crippen molar-refractivity contribution in [3.05, 3.63) is 23.2 Å². The summed E-state index contributed by atoms with van der Waals surface area (Å²) in [6.07, 6.45) is 0. The van der Waals surface area contributed by atoms with Crippen LogP contribution in [0.1, 0.15) is 6.92 Å². The molecule has 1 rings (SSSR count). The van der Waals surface area contributed by atoms with Gasteiger partial charge in [-0.3, -0.25) is 4.79 Å². The van der Waals surface area contributed by atoms with Gasteiger partial charge in [-0.2, -0.15) is 0 Å². The highest BCUT2D eigenvalue weighted by Gasteiger charge is 2.14. The van der Waals surface area contributed by atoms with Crippen LogP contribution in [0.2, 0.25) is 5.02 Å². The summed E-state index contributed by atoms with van der Waals surface area (Å²) in [7, 11) is 1.39. The summed E-state index contributed by atoms with van der Waals surface area (Å²) in [6.45, 7) is 1.82. The van der Waals surface area contributed by atoms with Crippen LogP contribution in [0.15, 0.2) is 23.1 Å². The molecule has 0 spiro atoms. The Morgan fingerprint density at radius 3 is 2.94 bits per heavy atom. The maximum Gasteiger partial charge on any atom is 0.309 e. The molecule has 5 heteroatoms. The van der Waals surface area contributed by atoms with Crippen molar-refractivity contribution in [1.29, 1.82) is 0 Å². The second-order valence-corrected chi connectivity index (χ2v) is 4.92. The molecule has 3 nitrogen and oxygen atoms in total. The van der Waals surface area contributed by atoms with Crippen LogP contribution in [-0.2, 0) is 9.53 Å². The summed E-state index contributed by atoms with van der Waals surface area (Å²) in [6, 6.07) is 5.30. The van der Waals surface area contributed by atoms with Gasteiger partial charge in [0.05, 0.1) is 13.0 Å². The molecule has 0 radical (unpaired) electrons. The number of ether oxygens (including phenoxy) is 1. The Kier molecular flexibility index (Phi) is 4.96. The molecule has 1 aromatic rings. The van der Waals surface area contributed by atoms with Crippen molar-refractivity contribution in [2.45, 2.75) is 11.8 Å². The fourth-order valence-corrected chi connectivity index (χ4v) is 2.36. The number of carbonyl (C=O) groups is 1. The van der Waals surface area contributed by atoms with Crippen LogP contribution in [0, 0.1) is 5.92 Å². The third kappa shape index (κ3) is 3.61. The maximum atomic E-state index is 11.2. The predicted octanol–water partition coefficient (Wildman–Crippen LogP) is 2.82. The molecule has 1 atom stereocenters. The third-order valence-corrected chi connectivity index (χ3v) is 3.63. The number of thioether (sulfide) groups is 1. The van der Waals surface area contributed by atoms with Crippen molar-refractivity contribution in [2.24, 2.45) is 5.92 Å². The van der Waals surface area contributed by atoms with Crippen molar-refractivity contribution in [3.8, 4) is 0 Å². The zero-order chi connectivity index (χ0) is 12.1. The molecule has 0 saturated carbocycles. The van der Waals surface area contributed by atoms with E-state index in [2.05, 4.69) is 4.74 Å². The molecule has 0 aliphatic carbocycles. The molecule has 1 unspecified atom stereocenters. The van der Waals surface area contributed by atoms with Crippen LogP contribution < -0.4 is 5.73 Å². The Labute approximate surface area is 104 Å². The number of rotatable bonds is 4. The first-order valence-corrected chi connectivity index (χ1v) is 6.16. The Morgan fingerprint density at radius 2 is 2.31 bits per heavy atom. The smallest absolute Gasteiger partial charge is 0.309 e. The number of carbonyl (C=O) groups excluding carboxylic acids is 1. The third-order valence-electron chi connectivity index (χ3n) is 2.07. The van der Waals surface area contributed by atoms with Gasteiger partial charge >= 0.3 is 5.97 Å². The van der Waals surface area contributed by atoms with Crippen molar-refractivity contribution in [3.63, 3.8) is 0 Å². The highest BCUT2D eigenvalue weighted by Crippen LogP contribution is 2.29. The molecule has 0 saturated heterocycles. The minimum Gasteiger partial charge on any atom is -0.469 e. The Hall–Kier alpha value is -0.870. The van der Waals surface area contributed by atoms with E-state index in [1.807, 2.05) is 6.92 Å². The van der Waals surface area contributed by atoms with Crippen LogP contribution in [0.25, 0.3) is 0 Å². The highest BCUT2D eigenvalue weighted by atomic mass is 35.5. The first kappa shape index (κ1) is 13.2. The second kappa shape index (κ2) is 6.01. The Bertz CT molecular complexity index is 384. The predicted molar refractivity (Wildman–Crippen MR) is 67.8 cm³/mol. The Balaban J connectivity index is 2.60. The van der Waals surface area contributed by atoms with Crippen LogP contribution in [0.4, 0.5) is 5.69 Å². The van der Waals surface area contributed by atoms with Crippen LogP contribution in [-0.4, -0.2) is 18.8 Å². The van der Waals surface area contributed by atoms with Crippen molar-refractivity contribution >= 4 is 35.0 Å². The van der Waals surface area contributed by atoms with Gasteiger partial charge in [0.2, 0.25) is 0 Å². The lowest BCUT2D eigenvalue weighted by Gasteiger charge is -2.10. The van der Waals surface area contributed by atoms with Gasteiger partial charge in [0.15, 0.2) is 0 Å². The molecule has 0 aromatic heterocycles. The molecular formula is C11H14ClNO2S. The number of hydrogen-bond donors (Lipinski definition) is 1. The number of benzene rings is 1. The van der Waals surface area contributed by atoms with E-state index in [-0.39, 0.29) is 11.9 Å². The quantitative estimate of drug-likeness (QED) is 0.513. The molecule has 88 valence electrons. The minimum atomic E-state index is -0.215. The number of esters is 1. The van der Waals surface area contributed by atoms with E-state index >= 15 is 0 Å². The number of anilines is 1. The zero-order valence-electron chi connectivity index (χ0n) is 9.20. The number of halogens is 1. The molecule has 0 aliphatic heterocycles. The van der Waals surface area contributed by atoms with Crippen LogP contribution in [0.3, 0.4) is 0 Å². The van der Waals surface area contributed by atoms with Gasteiger partial charge in [0.1, 0.15) is 0 Å². The lowest BCUT2D eigenvalue weighted by atomic mass is 10.2. The average molecular weight is 260 g/mol. The van der Waals surface area contributed by atoms with Gasteiger partial charge in [-0.25, -0.2) is 0 Å². The highest BCUT2D eigenvalue weighted by molar-refractivity contribution is 7.99. The molecule has 0 bridgehead atoms. The molecule has 1 aromatic carbocycles. The van der Waals surface area contributed by atoms with E-state index in [0.29, 0.717) is 16.5 Å². The van der Waals surface area contributed by atoms with E-state index in [0.717, 1.165) is 4.90 Å². The molecule has 0 aliphatic rings. The lowest BCUT2D eigenvalue weighted by molar-refractivity contribution is -0.143. The summed E-state index contributed by atoms with van der Waals surface area (Å²) in [5.41, 5.74) is 6.46. The van der Waals surface area contributed by atoms with Crippen molar-refractivity contribution in [1.82, 2.24) is 0 Å². The van der Waals surface area contributed by atoms with Gasteiger partial charge < -0.3 is 10.5 Å². The van der Waals surface area contributed by atoms with E-state index < -0.39 is 0 Å². The molecule has 0 fully saturated rings. The van der Waals surface area contributed by atoms with Gasteiger partial charge in [0, 0.05) is 21.4 Å².